The van der Waals surface area contributed by atoms with E-state index in [1.807, 2.05) is 6.07 Å². The van der Waals surface area contributed by atoms with E-state index < -0.39 is 0 Å². The molecule has 14 heavy (non-hydrogen) atoms. The van der Waals surface area contributed by atoms with Crippen molar-refractivity contribution in [2.75, 3.05) is 0 Å². The second-order valence-electron chi connectivity index (χ2n) is 2.75. The van der Waals surface area contributed by atoms with E-state index in [2.05, 4.69) is 0 Å². The van der Waals surface area contributed by atoms with Gasteiger partial charge in [0.05, 0.1) is 10.4 Å². The topological polar surface area (TPSA) is 61.1 Å². The Morgan fingerprint density at radius 3 is 2.93 bits per heavy atom. The lowest BCUT2D eigenvalue weighted by molar-refractivity contribution is 0.112. The predicted octanol–water partition coefficient (Wildman–Crippen LogP) is 2.29. The number of aldehydes is 1. The molecule has 0 saturated carbocycles. The smallest absolute Gasteiger partial charge is 0.160 e. The molecule has 0 aliphatic heterocycles. The van der Waals surface area contributed by atoms with E-state index in [1.54, 1.807) is 18.2 Å². The highest BCUT2D eigenvalue weighted by Gasteiger charge is 2.08. The Labute approximate surface area is 83.8 Å². The summed E-state index contributed by atoms with van der Waals surface area (Å²) in [6.45, 7) is 0. The highest BCUT2D eigenvalue weighted by atomic mass is 32.1. The maximum atomic E-state index is 10.5. The molecule has 0 unspecified atom stereocenters. The molecule has 1 aromatic heterocycles. The molecule has 0 amide bonds. The van der Waals surface area contributed by atoms with Crippen molar-refractivity contribution >= 4 is 27.7 Å². The summed E-state index contributed by atoms with van der Waals surface area (Å²) in [5, 5.41) is 18.9. The Morgan fingerprint density at radius 2 is 2.29 bits per heavy atom. The predicted molar refractivity (Wildman–Crippen MR) is 53.6 cm³/mol. The summed E-state index contributed by atoms with van der Waals surface area (Å²) in [4.78, 5) is 11.1. The van der Waals surface area contributed by atoms with Crippen molar-refractivity contribution in [1.82, 2.24) is 0 Å². The number of thiophene rings is 1. The van der Waals surface area contributed by atoms with Crippen LogP contribution in [0.25, 0.3) is 10.1 Å². The minimum absolute atomic E-state index is 0.0469. The lowest BCUT2D eigenvalue weighted by atomic mass is 10.1. The Kier molecular flexibility index (Phi) is 1.95. The van der Waals surface area contributed by atoms with Crippen molar-refractivity contribution in [1.29, 1.82) is 5.26 Å². The van der Waals surface area contributed by atoms with E-state index in [4.69, 9.17) is 5.26 Å². The van der Waals surface area contributed by atoms with Gasteiger partial charge in [-0.15, -0.1) is 11.3 Å². The van der Waals surface area contributed by atoms with Crippen LogP contribution >= 0.6 is 11.3 Å². The van der Waals surface area contributed by atoms with Gasteiger partial charge in [0, 0.05) is 10.1 Å². The molecule has 0 spiro atoms. The minimum Gasteiger partial charge on any atom is -0.506 e. The van der Waals surface area contributed by atoms with Gasteiger partial charge in [-0.05, 0) is 18.2 Å². The molecule has 0 bridgehead atoms. The molecule has 2 aromatic rings. The standard InChI is InChI=1S/C10H5NO2S/c11-4-6-1-2-9-8(10(6)13)3-7(5-12)14-9/h1-3,5,13H. The zero-order valence-corrected chi connectivity index (χ0v) is 7.84. The molecule has 1 heterocycles. The number of carbonyl (C=O) groups is 1. The first kappa shape index (κ1) is 8.73. The summed E-state index contributed by atoms with van der Waals surface area (Å²) in [6, 6.07) is 6.74. The van der Waals surface area contributed by atoms with Crippen LogP contribution < -0.4 is 0 Å². The van der Waals surface area contributed by atoms with E-state index in [-0.39, 0.29) is 11.3 Å². The first-order chi connectivity index (χ1) is 6.76. The Morgan fingerprint density at radius 1 is 1.50 bits per heavy atom. The molecule has 1 aromatic carbocycles. The average Bonchev–Trinajstić information content (AvgIpc) is 2.62. The van der Waals surface area contributed by atoms with Crippen LogP contribution in [0.3, 0.4) is 0 Å². The van der Waals surface area contributed by atoms with Crippen molar-refractivity contribution in [2.45, 2.75) is 0 Å². The number of nitrogens with zero attached hydrogens (tertiary/aromatic N) is 1. The number of phenolic OH excluding ortho intramolecular Hbond substituents is 1. The van der Waals surface area contributed by atoms with Gasteiger partial charge in [0.15, 0.2) is 6.29 Å². The van der Waals surface area contributed by atoms with Crippen LogP contribution in [-0.2, 0) is 0 Å². The third kappa shape index (κ3) is 1.15. The summed E-state index contributed by atoms with van der Waals surface area (Å²) >= 11 is 1.29. The van der Waals surface area contributed by atoms with Gasteiger partial charge in [0.1, 0.15) is 11.8 Å². The fourth-order valence-electron chi connectivity index (χ4n) is 1.26. The molecular weight excluding hydrogens is 198 g/mol. The second-order valence-corrected chi connectivity index (χ2v) is 3.87. The van der Waals surface area contributed by atoms with Crippen molar-refractivity contribution in [3.63, 3.8) is 0 Å². The van der Waals surface area contributed by atoms with E-state index in [9.17, 15) is 9.90 Å². The van der Waals surface area contributed by atoms with Crippen LogP contribution in [0.4, 0.5) is 0 Å². The van der Waals surface area contributed by atoms with E-state index in [0.29, 0.717) is 10.3 Å². The SMILES string of the molecule is N#Cc1ccc2sc(C=O)cc2c1O. The summed E-state index contributed by atoms with van der Waals surface area (Å²) < 4.78 is 0.809. The molecule has 0 aliphatic rings. The zero-order chi connectivity index (χ0) is 10.1. The van der Waals surface area contributed by atoms with Gasteiger partial charge >= 0.3 is 0 Å². The lowest BCUT2D eigenvalue weighted by Gasteiger charge is -1.95. The van der Waals surface area contributed by atoms with Crippen LogP contribution in [0.5, 0.6) is 5.75 Å². The zero-order valence-electron chi connectivity index (χ0n) is 7.02. The van der Waals surface area contributed by atoms with Crippen LogP contribution in [0, 0.1) is 11.3 Å². The van der Waals surface area contributed by atoms with E-state index >= 15 is 0 Å². The fourth-order valence-corrected chi connectivity index (χ4v) is 2.15. The maximum Gasteiger partial charge on any atom is 0.160 e. The van der Waals surface area contributed by atoms with E-state index in [0.717, 1.165) is 11.0 Å². The maximum absolute atomic E-state index is 10.5. The first-order valence-electron chi connectivity index (χ1n) is 3.87. The molecule has 1 N–H and O–H groups in total. The van der Waals surface area contributed by atoms with Crippen molar-refractivity contribution < 1.29 is 9.90 Å². The van der Waals surface area contributed by atoms with Crippen LogP contribution in [0.15, 0.2) is 18.2 Å². The number of phenols is 1. The summed E-state index contributed by atoms with van der Waals surface area (Å²) in [5.74, 6) is -0.0469. The average molecular weight is 203 g/mol. The highest BCUT2D eigenvalue weighted by molar-refractivity contribution is 7.20. The molecule has 2 rings (SSSR count). The van der Waals surface area contributed by atoms with Gasteiger partial charge < -0.3 is 5.11 Å². The number of aromatic hydroxyl groups is 1. The molecule has 0 radical (unpaired) electrons. The van der Waals surface area contributed by atoms with Gasteiger partial charge in [-0.2, -0.15) is 5.26 Å². The molecule has 4 heteroatoms. The second kappa shape index (κ2) is 3.13. The number of nitriles is 1. The number of rotatable bonds is 1. The third-order valence-corrected chi connectivity index (χ3v) is 2.95. The molecule has 0 atom stereocenters. The summed E-state index contributed by atoms with van der Waals surface area (Å²) in [6.07, 6.45) is 0.732. The Balaban J connectivity index is 2.83. The lowest BCUT2D eigenvalue weighted by Crippen LogP contribution is -1.75. The molecular formula is C10H5NO2S. The Bertz CT molecular complexity index is 551. The van der Waals surface area contributed by atoms with Gasteiger partial charge in [0.2, 0.25) is 0 Å². The third-order valence-electron chi connectivity index (χ3n) is 1.93. The van der Waals surface area contributed by atoms with Crippen molar-refractivity contribution in [2.24, 2.45) is 0 Å². The minimum atomic E-state index is -0.0469. The van der Waals surface area contributed by atoms with Gasteiger partial charge in [-0.3, -0.25) is 4.79 Å². The summed E-state index contributed by atoms with van der Waals surface area (Å²) in [5.41, 5.74) is 0.229. The quantitative estimate of drug-likeness (QED) is 0.723. The largest absolute Gasteiger partial charge is 0.506 e. The number of fused-ring (bicyclic) bond motifs is 1. The Hall–Kier alpha value is -1.86. The van der Waals surface area contributed by atoms with Crippen LogP contribution in [0.1, 0.15) is 15.2 Å². The van der Waals surface area contributed by atoms with Gasteiger partial charge in [-0.25, -0.2) is 0 Å². The molecule has 0 saturated heterocycles. The number of hydrogen-bond acceptors (Lipinski definition) is 4. The number of hydrogen-bond donors (Lipinski definition) is 1. The van der Waals surface area contributed by atoms with Crippen molar-refractivity contribution in [3.8, 4) is 11.8 Å². The van der Waals surface area contributed by atoms with E-state index in [1.165, 1.54) is 11.3 Å². The molecule has 3 nitrogen and oxygen atoms in total. The highest BCUT2D eigenvalue weighted by Crippen LogP contribution is 2.33. The van der Waals surface area contributed by atoms with Gasteiger partial charge in [0.25, 0.3) is 0 Å². The van der Waals surface area contributed by atoms with Crippen molar-refractivity contribution in [3.05, 3.63) is 28.6 Å². The van der Waals surface area contributed by atoms with Gasteiger partial charge in [-0.1, -0.05) is 0 Å². The monoisotopic (exact) mass is 203 g/mol. The van der Waals surface area contributed by atoms with Crippen LogP contribution in [-0.4, -0.2) is 11.4 Å². The first-order valence-corrected chi connectivity index (χ1v) is 4.68. The molecule has 68 valence electrons. The molecule has 0 aliphatic carbocycles. The normalized spacial score (nSPS) is 9.93. The fraction of sp³-hybridized carbons (Fsp3) is 0. The number of benzene rings is 1. The number of carbonyl (C=O) groups excluding carboxylic acids is 1. The van der Waals surface area contributed by atoms with Crippen LogP contribution in [0.2, 0.25) is 0 Å². The summed E-state index contributed by atoms with van der Waals surface area (Å²) in [7, 11) is 0. The molecule has 0 fully saturated rings.